The van der Waals surface area contributed by atoms with Crippen LogP contribution in [0.25, 0.3) is 0 Å². The molecule has 5 nitrogen and oxygen atoms in total. The number of carbonyl (C=O) groups excluding carboxylic acids is 1. The lowest BCUT2D eigenvalue weighted by Gasteiger charge is -2.26. The van der Waals surface area contributed by atoms with Crippen molar-refractivity contribution < 1.29 is 14.7 Å². The number of hydrogen-bond acceptors (Lipinski definition) is 3. The average molecular weight is 264 g/mol. The molecule has 0 aliphatic heterocycles. The first-order valence-electron chi connectivity index (χ1n) is 6.38. The van der Waals surface area contributed by atoms with Crippen molar-refractivity contribution in [3.8, 4) is 0 Å². The van der Waals surface area contributed by atoms with E-state index in [0.717, 1.165) is 0 Å². The van der Waals surface area contributed by atoms with Crippen molar-refractivity contribution in [2.45, 2.75) is 26.7 Å². The van der Waals surface area contributed by atoms with Gasteiger partial charge < -0.3 is 10.8 Å². The Hall–Kier alpha value is -2.04. The van der Waals surface area contributed by atoms with E-state index in [-0.39, 0.29) is 18.4 Å². The van der Waals surface area contributed by atoms with Gasteiger partial charge in [0.15, 0.2) is 0 Å². The van der Waals surface area contributed by atoms with E-state index in [0.29, 0.717) is 24.2 Å². The molecule has 0 radical (unpaired) electrons. The molecule has 1 aromatic rings. The molecule has 1 aromatic carbocycles. The van der Waals surface area contributed by atoms with Gasteiger partial charge in [-0.3, -0.25) is 14.5 Å². The minimum Gasteiger partial charge on any atom is -0.480 e. The van der Waals surface area contributed by atoms with Crippen LogP contribution in [0.4, 0.5) is 11.4 Å². The molecule has 5 heteroatoms. The molecule has 1 rings (SSSR count). The summed E-state index contributed by atoms with van der Waals surface area (Å²) >= 11 is 0. The first kappa shape index (κ1) is 15.0. The first-order valence-corrected chi connectivity index (χ1v) is 6.38. The highest BCUT2D eigenvalue weighted by Crippen LogP contribution is 2.25. The second-order valence-corrected chi connectivity index (χ2v) is 4.39. The molecule has 0 aromatic heterocycles. The number of carbonyl (C=O) groups is 2. The molecule has 0 aliphatic rings. The van der Waals surface area contributed by atoms with E-state index < -0.39 is 5.97 Å². The zero-order valence-corrected chi connectivity index (χ0v) is 11.3. The fraction of sp³-hybridized carbons (Fsp3) is 0.429. The summed E-state index contributed by atoms with van der Waals surface area (Å²) < 4.78 is 0. The van der Waals surface area contributed by atoms with Crippen molar-refractivity contribution >= 4 is 23.3 Å². The zero-order valence-electron chi connectivity index (χ0n) is 11.3. The maximum Gasteiger partial charge on any atom is 0.323 e. The Morgan fingerprint density at radius 2 is 1.84 bits per heavy atom. The second-order valence-electron chi connectivity index (χ2n) is 4.39. The highest BCUT2D eigenvalue weighted by Gasteiger charge is 2.25. The number of aliphatic carboxylic acids is 1. The topological polar surface area (TPSA) is 83.6 Å². The summed E-state index contributed by atoms with van der Waals surface area (Å²) in [6, 6.07) is 6.81. The van der Waals surface area contributed by atoms with Crippen LogP contribution in [-0.4, -0.2) is 23.5 Å². The van der Waals surface area contributed by atoms with Crippen molar-refractivity contribution in [2.24, 2.45) is 5.92 Å². The number of amides is 1. The Balaban J connectivity index is 3.11. The fourth-order valence-electron chi connectivity index (χ4n) is 2.01. The van der Waals surface area contributed by atoms with E-state index >= 15 is 0 Å². The van der Waals surface area contributed by atoms with Gasteiger partial charge in [0, 0.05) is 5.92 Å². The van der Waals surface area contributed by atoms with Crippen LogP contribution in [-0.2, 0) is 9.59 Å². The van der Waals surface area contributed by atoms with E-state index in [9.17, 15) is 9.59 Å². The molecule has 0 atom stereocenters. The van der Waals surface area contributed by atoms with E-state index in [1.165, 1.54) is 4.90 Å². The maximum atomic E-state index is 12.4. The van der Waals surface area contributed by atoms with Crippen LogP contribution in [0.15, 0.2) is 24.3 Å². The number of nitrogens with zero attached hydrogens (tertiary/aromatic N) is 1. The van der Waals surface area contributed by atoms with Crippen LogP contribution >= 0.6 is 0 Å². The molecule has 0 saturated heterocycles. The van der Waals surface area contributed by atoms with Crippen LogP contribution < -0.4 is 10.6 Å². The predicted molar refractivity (Wildman–Crippen MR) is 74.9 cm³/mol. The fourth-order valence-corrected chi connectivity index (χ4v) is 2.01. The third kappa shape index (κ3) is 3.71. The summed E-state index contributed by atoms with van der Waals surface area (Å²) in [6.45, 7) is 3.46. The van der Waals surface area contributed by atoms with Gasteiger partial charge in [-0.1, -0.05) is 26.0 Å². The molecule has 0 aliphatic carbocycles. The van der Waals surface area contributed by atoms with Gasteiger partial charge in [-0.2, -0.15) is 0 Å². The van der Waals surface area contributed by atoms with Gasteiger partial charge in [0.1, 0.15) is 6.54 Å². The van der Waals surface area contributed by atoms with E-state index in [4.69, 9.17) is 10.8 Å². The Labute approximate surface area is 113 Å². The standard InChI is InChI=1S/C14H20N2O3/c1-3-10(4-2)14(19)16(9-13(17)18)12-8-6-5-7-11(12)15/h5-8,10H,3-4,9,15H2,1-2H3,(H,17,18). The molecule has 0 heterocycles. The lowest BCUT2D eigenvalue weighted by atomic mass is 10.0. The number of nitrogens with two attached hydrogens (primary N) is 1. The van der Waals surface area contributed by atoms with Crippen LogP contribution in [0.5, 0.6) is 0 Å². The number of carboxylic acids is 1. The van der Waals surface area contributed by atoms with Crippen molar-refractivity contribution in [1.82, 2.24) is 0 Å². The Morgan fingerprint density at radius 3 is 2.32 bits per heavy atom. The molecule has 0 spiro atoms. The Bertz CT molecular complexity index is 456. The third-order valence-corrected chi connectivity index (χ3v) is 3.12. The van der Waals surface area contributed by atoms with Gasteiger partial charge in [-0.05, 0) is 25.0 Å². The normalized spacial score (nSPS) is 10.5. The highest BCUT2D eigenvalue weighted by molar-refractivity contribution is 6.01. The molecule has 19 heavy (non-hydrogen) atoms. The molecular weight excluding hydrogens is 244 g/mol. The summed E-state index contributed by atoms with van der Waals surface area (Å²) in [4.78, 5) is 24.6. The first-order chi connectivity index (χ1) is 9.01. The summed E-state index contributed by atoms with van der Waals surface area (Å²) in [5, 5.41) is 8.98. The van der Waals surface area contributed by atoms with E-state index in [1.54, 1.807) is 24.3 Å². The minimum absolute atomic E-state index is 0.182. The number of anilines is 2. The number of para-hydroxylation sites is 2. The molecule has 104 valence electrons. The smallest absolute Gasteiger partial charge is 0.323 e. The monoisotopic (exact) mass is 264 g/mol. The van der Waals surface area contributed by atoms with Crippen LogP contribution in [0.3, 0.4) is 0 Å². The summed E-state index contributed by atoms with van der Waals surface area (Å²) in [6.07, 6.45) is 1.36. The van der Waals surface area contributed by atoms with E-state index in [1.807, 2.05) is 13.8 Å². The Morgan fingerprint density at radius 1 is 1.26 bits per heavy atom. The molecular formula is C14H20N2O3. The largest absolute Gasteiger partial charge is 0.480 e. The molecule has 0 fully saturated rings. The van der Waals surface area contributed by atoms with Crippen LogP contribution in [0, 0.1) is 5.92 Å². The Kier molecular flexibility index (Phi) is 5.36. The van der Waals surface area contributed by atoms with Crippen molar-refractivity contribution in [3.05, 3.63) is 24.3 Å². The minimum atomic E-state index is -1.05. The maximum absolute atomic E-state index is 12.4. The summed E-state index contributed by atoms with van der Waals surface area (Å²) in [5.41, 5.74) is 6.70. The lowest BCUT2D eigenvalue weighted by molar-refractivity contribution is -0.137. The number of hydrogen-bond donors (Lipinski definition) is 2. The van der Waals surface area contributed by atoms with Crippen molar-refractivity contribution in [1.29, 1.82) is 0 Å². The third-order valence-electron chi connectivity index (χ3n) is 3.12. The van der Waals surface area contributed by atoms with Gasteiger partial charge in [0.2, 0.25) is 5.91 Å². The van der Waals surface area contributed by atoms with Gasteiger partial charge in [0.25, 0.3) is 0 Å². The number of nitrogen functional groups attached to an aromatic ring is 1. The number of carboxylic acid groups (broad SMARTS) is 1. The average Bonchev–Trinajstić information content (AvgIpc) is 2.38. The van der Waals surface area contributed by atoms with Crippen molar-refractivity contribution in [2.75, 3.05) is 17.2 Å². The van der Waals surface area contributed by atoms with Crippen molar-refractivity contribution in [3.63, 3.8) is 0 Å². The number of rotatable bonds is 6. The molecule has 0 unspecified atom stereocenters. The summed E-state index contributed by atoms with van der Waals surface area (Å²) in [7, 11) is 0. The van der Waals surface area contributed by atoms with Crippen LogP contribution in [0.1, 0.15) is 26.7 Å². The molecule has 1 amide bonds. The van der Waals surface area contributed by atoms with Gasteiger partial charge in [-0.25, -0.2) is 0 Å². The lowest BCUT2D eigenvalue weighted by Crippen LogP contribution is -2.40. The summed E-state index contributed by atoms with van der Waals surface area (Å²) in [5.74, 6) is -1.42. The van der Waals surface area contributed by atoms with Gasteiger partial charge >= 0.3 is 5.97 Å². The predicted octanol–water partition coefficient (Wildman–Crippen LogP) is 2.12. The molecule has 0 saturated carbocycles. The quantitative estimate of drug-likeness (QED) is 0.771. The second kappa shape index (κ2) is 6.78. The SMILES string of the molecule is CCC(CC)C(=O)N(CC(=O)O)c1ccccc1N. The van der Waals surface area contributed by atoms with E-state index in [2.05, 4.69) is 0 Å². The molecule has 0 bridgehead atoms. The molecule has 3 N–H and O–H groups in total. The number of benzene rings is 1. The zero-order chi connectivity index (χ0) is 14.4. The van der Waals surface area contributed by atoms with Gasteiger partial charge in [-0.15, -0.1) is 0 Å². The van der Waals surface area contributed by atoms with Crippen LogP contribution in [0.2, 0.25) is 0 Å². The van der Waals surface area contributed by atoms with Gasteiger partial charge in [0.05, 0.1) is 11.4 Å². The highest BCUT2D eigenvalue weighted by atomic mass is 16.4.